The second-order valence-electron chi connectivity index (χ2n) is 24.1. The van der Waals surface area contributed by atoms with Gasteiger partial charge in [-0.3, -0.25) is 4.57 Å². The molecule has 378 valence electrons. The van der Waals surface area contributed by atoms with Gasteiger partial charge in [-0.2, -0.15) is 0 Å². The fourth-order valence-corrected chi connectivity index (χ4v) is 11.8. The molecular weight excluding hydrogens is 937 g/mol. The van der Waals surface area contributed by atoms with Crippen molar-refractivity contribution in [3.63, 3.8) is 0 Å². The minimum absolute atomic E-state index is 0.0257. The van der Waals surface area contributed by atoms with Crippen LogP contribution in [-0.2, 0) is 22.9 Å². The Hall–Kier alpha value is -8.67. The minimum atomic E-state index is -0.0905. The molecule has 77 heavy (non-hydrogen) atoms. The first-order valence-electron chi connectivity index (χ1n) is 27.1. The SMILES string of the molecule is CC(C)(C)c1cc(-c2ccccc2)cc(-c2cccc3c4cc(C(C)(C)C)ccc4c4ccccc4c4cccc5c4n(c23)CN5c2cccc(Oc3ccc4c5ccccc5n(-c5cc(C(C)(C)C)ccn5)c4c3)c2)c1. The fraction of sp³-hybridized carbons (Fsp3) is 0.181. The highest BCUT2D eigenvalue weighted by Gasteiger charge is 2.27. The van der Waals surface area contributed by atoms with E-state index in [1.165, 1.54) is 87.7 Å². The van der Waals surface area contributed by atoms with Gasteiger partial charge in [-0.05, 0) is 132 Å². The molecule has 0 saturated heterocycles. The molecular formula is C72H64N4O. The van der Waals surface area contributed by atoms with Crippen molar-refractivity contribution in [1.82, 2.24) is 14.1 Å². The number of ether oxygens (including phenoxy) is 1. The molecule has 5 nitrogen and oxygen atoms in total. The van der Waals surface area contributed by atoms with Gasteiger partial charge >= 0.3 is 0 Å². The maximum atomic E-state index is 6.95. The highest BCUT2D eigenvalue weighted by atomic mass is 16.5. The fourth-order valence-electron chi connectivity index (χ4n) is 11.8. The molecule has 3 aromatic heterocycles. The molecule has 0 aliphatic carbocycles. The Bertz CT molecular complexity index is 4400. The number of rotatable bonds is 6. The molecule has 0 spiro atoms. The van der Waals surface area contributed by atoms with Crippen LogP contribution >= 0.6 is 0 Å². The lowest BCUT2D eigenvalue weighted by Gasteiger charge is -2.23. The zero-order valence-electron chi connectivity index (χ0n) is 45.6. The van der Waals surface area contributed by atoms with Gasteiger partial charge in [0.1, 0.15) is 24.0 Å². The summed E-state index contributed by atoms with van der Waals surface area (Å²) < 4.78 is 11.8. The first-order chi connectivity index (χ1) is 37.1. The van der Waals surface area contributed by atoms with Crippen LogP contribution in [0.3, 0.4) is 0 Å². The first kappa shape index (κ1) is 48.0. The third-order valence-corrected chi connectivity index (χ3v) is 15.9. The summed E-state index contributed by atoms with van der Waals surface area (Å²) in [5.74, 6) is 2.41. The van der Waals surface area contributed by atoms with Crippen molar-refractivity contribution in [2.24, 2.45) is 0 Å². The van der Waals surface area contributed by atoms with Gasteiger partial charge in [0.2, 0.25) is 0 Å². The number of hydrogen-bond acceptors (Lipinski definition) is 3. The molecule has 9 aromatic carbocycles. The molecule has 0 fully saturated rings. The van der Waals surface area contributed by atoms with Crippen LogP contribution in [0.25, 0.3) is 93.2 Å². The van der Waals surface area contributed by atoms with E-state index in [9.17, 15) is 0 Å². The van der Waals surface area contributed by atoms with Gasteiger partial charge < -0.3 is 14.2 Å². The van der Waals surface area contributed by atoms with E-state index in [0.717, 1.165) is 45.1 Å². The number of anilines is 2. The molecule has 1 aliphatic rings. The van der Waals surface area contributed by atoms with Gasteiger partial charge in [0.25, 0.3) is 0 Å². The van der Waals surface area contributed by atoms with Crippen molar-refractivity contribution in [2.45, 2.75) is 85.2 Å². The summed E-state index contributed by atoms with van der Waals surface area (Å²) in [5, 5.41) is 9.63. The van der Waals surface area contributed by atoms with Crippen LogP contribution in [0.1, 0.15) is 79.0 Å². The topological polar surface area (TPSA) is 35.2 Å². The van der Waals surface area contributed by atoms with Crippen LogP contribution in [0.2, 0.25) is 0 Å². The quantitative estimate of drug-likeness (QED) is 0.166. The van der Waals surface area contributed by atoms with E-state index in [2.05, 4.69) is 283 Å². The monoisotopic (exact) mass is 1000 g/mol. The third kappa shape index (κ3) is 8.37. The molecule has 5 heteroatoms. The van der Waals surface area contributed by atoms with Crippen molar-refractivity contribution in [2.75, 3.05) is 4.90 Å². The normalized spacial score (nSPS) is 12.9. The lowest BCUT2D eigenvalue weighted by molar-refractivity contribution is 0.483. The van der Waals surface area contributed by atoms with Crippen LogP contribution in [0, 0.1) is 0 Å². The zero-order chi connectivity index (χ0) is 53.0. The number of pyridine rings is 1. The second-order valence-corrected chi connectivity index (χ2v) is 24.1. The summed E-state index contributed by atoms with van der Waals surface area (Å²) in [4.78, 5) is 7.41. The van der Waals surface area contributed by atoms with Gasteiger partial charge in [-0.15, -0.1) is 0 Å². The molecule has 4 heterocycles. The Morgan fingerprint density at radius 2 is 0.987 bits per heavy atom. The summed E-state index contributed by atoms with van der Waals surface area (Å²) in [6.45, 7) is 21.2. The van der Waals surface area contributed by atoms with E-state index in [0.29, 0.717) is 6.67 Å². The van der Waals surface area contributed by atoms with Crippen LogP contribution in [0.5, 0.6) is 11.5 Å². The van der Waals surface area contributed by atoms with Crippen molar-refractivity contribution >= 4 is 76.5 Å². The largest absolute Gasteiger partial charge is 0.457 e. The lowest BCUT2D eigenvalue weighted by Crippen LogP contribution is -2.15. The summed E-state index contributed by atoms with van der Waals surface area (Å²) in [6, 6.07) is 76.1. The summed E-state index contributed by atoms with van der Waals surface area (Å²) in [7, 11) is 0. The van der Waals surface area contributed by atoms with Crippen LogP contribution in [0.4, 0.5) is 11.4 Å². The smallest absolute Gasteiger partial charge is 0.137 e. The van der Waals surface area contributed by atoms with Crippen molar-refractivity contribution < 1.29 is 4.74 Å². The van der Waals surface area contributed by atoms with Gasteiger partial charge in [0, 0.05) is 51.1 Å². The van der Waals surface area contributed by atoms with E-state index >= 15 is 0 Å². The molecule has 0 N–H and O–H groups in total. The average Bonchev–Trinajstić information content (AvgIpc) is 4.15. The molecule has 0 bridgehead atoms. The van der Waals surface area contributed by atoms with Gasteiger partial charge in [0.05, 0.1) is 27.8 Å². The van der Waals surface area contributed by atoms with Crippen LogP contribution in [-0.4, -0.2) is 14.1 Å². The Labute approximate surface area is 452 Å². The van der Waals surface area contributed by atoms with E-state index < -0.39 is 0 Å². The predicted molar refractivity (Wildman–Crippen MR) is 326 cm³/mol. The van der Waals surface area contributed by atoms with Gasteiger partial charge in [-0.25, -0.2) is 4.98 Å². The van der Waals surface area contributed by atoms with Crippen LogP contribution in [0.15, 0.2) is 212 Å². The predicted octanol–water partition coefficient (Wildman–Crippen LogP) is 19.8. The molecule has 1 aliphatic heterocycles. The van der Waals surface area contributed by atoms with Gasteiger partial charge in [0.15, 0.2) is 0 Å². The summed E-state index contributed by atoms with van der Waals surface area (Å²) in [5.41, 5.74) is 15.2. The maximum absolute atomic E-state index is 6.95. The molecule has 0 unspecified atom stereocenters. The Morgan fingerprint density at radius 1 is 0.390 bits per heavy atom. The number of aromatic nitrogens is 3. The third-order valence-electron chi connectivity index (χ3n) is 15.9. The Balaban J connectivity index is 1.03. The minimum Gasteiger partial charge on any atom is -0.457 e. The molecule has 0 saturated carbocycles. The van der Waals surface area contributed by atoms with Crippen molar-refractivity contribution in [3.05, 3.63) is 229 Å². The first-order valence-corrected chi connectivity index (χ1v) is 27.1. The van der Waals surface area contributed by atoms with Crippen LogP contribution < -0.4 is 9.64 Å². The number of para-hydroxylation sites is 3. The van der Waals surface area contributed by atoms with Gasteiger partial charge in [-0.1, -0.05) is 196 Å². The molecule has 0 radical (unpaired) electrons. The summed E-state index contributed by atoms with van der Waals surface area (Å²) >= 11 is 0. The highest BCUT2D eigenvalue weighted by molar-refractivity contribution is 6.22. The lowest BCUT2D eigenvalue weighted by atomic mass is 9.83. The zero-order valence-corrected chi connectivity index (χ0v) is 45.6. The van der Waals surface area contributed by atoms with E-state index in [1.54, 1.807) is 0 Å². The van der Waals surface area contributed by atoms with E-state index in [-0.39, 0.29) is 16.2 Å². The molecule has 12 aromatic rings. The number of hydrogen-bond donors (Lipinski definition) is 0. The Morgan fingerprint density at radius 3 is 1.75 bits per heavy atom. The van der Waals surface area contributed by atoms with E-state index in [4.69, 9.17) is 9.72 Å². The standard InChI is InChI=1S/C72H64N4O/c1-70(2,3)49-32-34-58-56-24-13-14-25-57(56)61-29-19-31-65-69(61)75(68-55(27-18-28-62(68)63(58)41-49)48-38-47(46-20-11-10-12-21-46)39-51(40-48)72(7,8)9)45-74(65)52-22-17-23-53(43-52)77-54-33-35-60-59-26-15-16-30-64(59)76(66(60)44-54)67-42-50(36-37-73-67)71(4,5)6/h10-44H,45H2,1-9H3. The van der Waals surface area contributed by atoms with E-state index in [1.807, 2.05) is 6.20 Å². The maximum Gasteiger partial charge on any atom is 0.137 e. The molecule has 0 amide bonds. The average molecular weight is 1000 g/mol. The number of fused-ring (bicyclic) bond motifs is 10. The Kier molecular flexibility index (Phi) is 11.2. The highest BCUT2D eigenvalue weighted by Crippen LogP contribution is 2.47. The molecule has 13 rings (SSSR count). The van der Waals surface area contributed by atoms with Crippen molar-refractivity contribution in [1.29, 1.82) is 0 Å². The van der Waals surface area contributed by atoms with Crippen molar-refractivity contribution in [3.8, 4) is 39.6 Å². The number of nitrogens with zero attached hydrogens (tertiary/aromatic N) is 4. The molecule has 0 atom stereocenters. The number of benzene rings is 9. The second kappa shape index (κ2) is 18.0. The summed E-state index contributed by atoms with van der Waals surface area (Å²) in [6.07, 6.45) is 1.93.